The lowest BCUT2D eigenvalue weighted by Crippen LogP contribution is -2.59. The third kappa shape index (κ3) is 6.93. The molecule has 7 heteroatoms. The van der Waals surface area contributed by atoms with E-state index in [0.717, 1.165) is 36.9 Å². The van der Waals surface area contributed by atoms with Crippen molar-refractivity contribution in [2.45, 2.75) is 63.6 Å². The molecule has 0 saturated carbocycles. The molecule has 218 valence electrons. The standard InChI is InChI=1S/C33H48FN5O/c1-24-9-11-29(34)28-20-33(23-40,37-31(24)28)22-36-30(12-10-26-7-5-4-6-8-26)32-25(2)19-27(21-35-32)13-14-39-17-15-38(3)16-18-39/h4-9,11,23,25,27,30,32,35-37H,10,12-22H2,1-3H3. The van der Waals surface area contributed by atoms with E-state index in [-0.39, 0.29) is 11.9 Å². The smallest absolute Gasteiger partial charge is 0.146 e. The minimum Gasteiger partial charge on any atom is -0.371 e. The second-order valence-electron chi connectivity index (χ2n) is 12.8. The molecule has 0 aromatic heterocycles. The number of aryl methyl sites for hydroxylation is 2. The molecule has 2 aromatic carbocycles. The zero-order valence-corrected chi connectivity index (χ0v) is 24.6. The number of hydrogen-bond donors (Lipinski definition) is 3. The highest BCUT2D eigenvalue weighted by Gasteiger charge is 2.41. The van der Waals surface area contributed by atoms with Crippen molar-refractivity contribution in [3.63, 3.8) is 0 Å². The number of carbonyl (C=O) groups is 1. The Balaban J connectivity index is 1.22. The topological polar surface area (TPSA) is 59.6 Å². The molecule has 40 heavy (non-hydrogen) atoms. The molecule has 0 spiro atoms. The number of benzene rings is 2. The highest BCUT2D eigenvalue weighted by Crippen LogP contribution is 2.36. The number of nitrogens with zero attached hydrogens (tertiary/aromatic N) is 2. The molecule has 3 N–H and O–H groups in total. The van der Waals surface area contributed by atoms with Crippen LogP contribution in [0.3, 0.4) is 0 Å². The number of nitrogens with one attached hydrogen (secondary N) is 3. The molecular formula is C33H48FN5O. The molecule has 5 rings (SSSR count). The maximum Gasteiger partial charge on any atom is 0.146 e. The Morgan fingerprint density at radius 2 is 1.93 bits per heavy atom. The fourth-order valence-electron chi connectivity index (χ4n) is 7.06. The Morgan fingerprint density at radius 3 is 2.62 bits per heavy atom. The van der Waals surface area contributed by atoms with Gasteiger partial charge in [0.1, 0.15) is 17.6 Å². The van der Waals surface area contributed by atoms with E-state index in [1.54, 1.807) is 6.07 Å². The molecule has 2 saturated heterocycles. The van der Waals surface area contributed by atoms with E-state index in [0.29, 0.717) is 36.4 Å². The number of likely N-dealkylation sites (N-methyl/N-ethyl adjacent to an activating group) is 1. The second kappa shape index (κ2) is 13.1. The maximum atomic E-state index is 14.6. The largest absolute Gasteiger partial charge is 0.371 e. The molecule has 3 aliphatic heterocycles. The first-order chi connectivity index (χ1) is 19.4. The van der Waals surface area contributed by atoms with Gasteiger partial charge in [0.2, 0.25) is 0 Å². The first-order valence-corrected chi connectivity index (χ1v) is 15.3. The molecule has 0 bridgehead atoms. The van der Waals surface area contributed by atoms with E-state index in [9.17, 15) is 9.18 Å². The molecule has 6 nitrogen and oxygen atoms in total. The van der Waals surface area contributed by atoms with Crippen LogP contribution >= 0.6 is 0 Å². The van der Waals surface area contributed by atoms with Crippen molar-refractivity contribution in [3.05, 3.63) is 65.0 Å². The zero-order valence-electron chi connectivity index (χ0n) is 24.6. The van der Waals surface area contributed by atoms with Gasteiger partial charge in [-0.05, 0) is 81.8 Å². The van der Waals surface area contributed by atoms with Gasteiger partial charge in [-0.25, -0.2) is 4.39 Å². The number of carbonyl (C=O) groups excluding carboxylic acids is 1. The van der Waals surface area contributed by atoms with Crippen LogP contribution < -0.4 is 16.0 Å². The zero-order chi connectivity index (χ0) is 28.1. The van der Waals surface area contributed by atoms with E-state index in [2.05, 4.69) is 70.1 Å². The van der Waals surface area contributed by atoms with Gasteiger partial charge >= 0.3 is 0 Å². The quantitative estimate of drug-likeness (QED) is 0.370. The van der Waals surface area contributed by atoms with Crippen molar-refractivity contribution in [2.24, 2.45) is 11.8 Å². The SMILES string of the molecule is Cc1ccc(F)c2c1NC(C=O)(CNC(CCc1ccccc1)C1NCC(CCN3CCN(C)CC3)CC1C)C2. The van der Waals surface area contributed by atoms with Crippen LogP contribution in [-0.2, 0) is 17.6 Å². The van der Waals surface area contributed by atoms with Gasteiger partial charge in [0.15, 0.2) is 0 Å². The molecule has 0 aliphatic carbocycles. The molecule has 0 amide bonds. The molecule has 3 heterocycles. The fourth-order valence-corrected chi connectivity index (χ4v) is 7.06. The number of piperidine rings is 1. The third-order valence-electron chi connectivity index (χ3n) is 9.67. The predicted octanol–water partition coefficient (Wildman–Crippen LogP) is 3.88. The minimum atomic E-state index is -0.830. The summed E-state index contributed by atoms with van der Waals surface area (Å²) in [7, 11) is 2.21. The van der Waals surface area contributed by atoms with Gasteiger partial charge in [-0.1, -0.05) is 43.3 Å². The molecular weight excluding hydrogens is 501 g/mol. The Morgan fingerprint density at radius 1 is 1.15 bits per heavy atom. The second-order valence-corrected chi connectivity index (χ2v) is 12.8. The first kappa shape index (κ1) is 29.2. The summed E-state index contributed by atoms with van der Waals surface area (Å²) < 4.78 is 14.6. The monoisotopic (exact) mass is 549 g/mol. The third-order valence-corrected chi connectivity index (χ3v) is 9.67. The Hall–Kier alpha value is -2.32. The number of halogens is 1. The number of aldehydes is 1. The van der Waals surface area contributed by atoms with E-state index < -0.39 is 5.54 Å². The van der Waals surface area contributed by atoms with Crippen LogP contribution in [0, 0.1) is 24.6 Å². The number of hydrogen-bond acceptors (Lipinski definition) is 6. The normalized spacial score (nSPS) is 28.1. The summed E-state index contributed by atoms with van der Waals surface area (Å²) in [6.45, 7) is 11.8. The van der Waals surface area contributed by atoms with E-state index in [1.165, 1.54) is 57.2 Å². The van der Waals surface area contributed by atoms with Crippen LogP contribution in [0.25, 0.3) is 0 Å². The Kier molecular flexibility index (Phi) is 9.56. The van der Waals surface area contributed by atoms with Gasteiger partial charge in [0.25, 0.3) is 0 Å². The van der Waals surface area contributed by atoms with Crippen molar-refractivity contribution in [1.82, 2.24) is 20.4 Å². The van der Waals surface area contributed by atoms with Gasteiger partial charge in [0.05, 0.1) is 0 Å². The van der Waals surface area contributed by atoms with Crippen LogP contribution in [0.4, 0.5) is 10.1 Å². The summed E-state index contributed by atoms with van der Waals surface area (Å²) in [5, 5.41) is 11.2. The number of rotatable bonds is 11. The van der Waals surface area contributed by atoms with Gasteiger partial charge in [-0.2, -0.15) is 0 Å². The van der Waals surface area contributed by atoms with Crippen molar-refractivity contribution in [2.75, 3.05) is 58.2 Å². The molecule has 2 fully saturated rings. The van der Waals surface area contributed by atoms with Crippen molar-refractivity contribution in [3.8, 4) is 0 Å². The van der Waals surface area contributed by atoms with Crippen LogP contribution in [0.1, 0.15) is 42.9 Å². The lowest BCUT2D eigenvalue weighted by Gasteiger charge is -2.42. The lowest BCUT2D eigenvalue weighted by molar-refractivity contribution is -0.111. The predicted molar refractivity (Wildman–Crippen MR) is 161 cm³/mol. The van der Waals surface area contributed by atoms with Crippen molar-refractivity contribution in [1.29, 1.82) is 0 Å². The van der Waals surface area contributed by atoms with Gasteiger partial charge < -0.3 is 30.5 Å². The van der Waals surface area contributed by atoms with Crippen LogP contribution in [0.5, 0.6) is 0 Å². The summed E-state index contributed by atoms with van der Waals surface area (Å²) in [6.07, 6.45) is 5.79. The number of anilines is 1. The Labute approximate surface area is 240 Å². The molecule has 0 radical (unpaired) electrons. The summed E-state index contributed by atoms with van der Waals surface area (Å²) >= 11 is 0. The van der Waals surface area contributed by atoms with Gasteiger partial charge in [-0.3, -0.25) is 0 Å². The van der Waals surface area contributed by atoms with Crippen LogP contribution in [0.2, 0.25) is 0 Å². The molecule has 2 aromatic rings. The fraction of sp³-hybridized carbons (Fsp3) is 0.606. The van der Waals surface area contributed by atoms with Crippen LogP contribution in [0.15, 0.2) is 42.5 Å². The van der Waals surface area contributed by atoms with Gasteiger partial charge in [-0.15, -0.1) is 0 Å². The average Bonchev–Trinajstić information content (AvgIpc) is 3.38. The molecule has 5 unspecified atom stereocenters. The highest BCUT2D eigenvalue weighted by molar-refractivity contribution is 5.79. The average molecular weight is 550 g/mol. The lowest BCUT2D eigenvalue weighted by atomic mass is 9.79. The van der Waals surface area contributed by atoms with E-state index in [1.807, 2.05) is 6.92 Å². The van der Waals surface area contributed by atoms with Crippen LogP contribution in [-0.4, -0.2) is 86.6 Å². The minimum absolute atomic E-state index is 0.210. The summed E-state index contributed by atoms with van der Waals surface area (Å²) in [6, 6.07) is 14.5. The summed E-state index contributed by atoms with van der Waals surface area (Å²) in [5.41, 5.74) is 2.88. The Bertz CT molecular complexity index is 1090. The summed E-state index contributed by atoms with van der Waals surface area (Å²) in [4.78, 5) is 17.5. The van der Waals surface area contributed by atoms with E-state index >= 15 is 0 Å². The summed E-state index contributed by atoms with van der Waals surface area (Å²) in [5.74, 6) is 0.988. The highest BCUT2D eigenvalue weighted by atomic mass is 19.1. The molecule has 5 atom stereocenters. The van der Waals surface area contributed by atoms with E-state index in [4.69, 9.17) is 0 Å². The maximum absolute atomic E-state index is 14.6. The first-order valence-electron chi connectivity index (χ1n) is 15.3. The molecule has 3 aliphatic rings. The number of piperazine rings is 1. The van der Waals surface area contributed by atoms with Gasteiger partial charge in [0, 0.05) is 62.5 Å². The van der Waals surface area contributed by atoms with Crippen molar-refractivity contribution < 1.29 is 9.18 Å². The number of fused-ring (bicyclic) bond motifs is 1. The van der Waals surface area contributed by atoms with Crippen molar-refractivity contribution >= 4 is 12.0 Å².